The maximum Gasteiger partial charge on any atom is 0.0653 e. The monoisotopic (exact) mass is 322 g/mol. The summed E-state index contributed by atoms with van der Waals surface area (Å²) in [4.78, 5) is 0. The molecule has 4 atom stereocenters. The van der Waals surface area contributed by atoms with Gasteiger partial charge < -0.3 is 9.84 Å². The molecule has 2 aliphatic rings. The molecule has 0 radical (unpaired) electrons. The summed E-state index contributed by atoms with van der Waals surface area (Å²) in [6.45, 7) is 12.4. The van der Waals surface area contributed by atoms with E-state index in [-0.39, 0.29) is 5.41 Å². The van der Waals surface area contributed by atoms with Crippen LogP contribution in [-0.4, -0.2) is 24.4 Å². The first-order chi connectivity index (χ1) is 10.6. The van der Waals surface area contributed by atoms with E-state index in [4.69, 9.17) is 4.74 Å². The van der Waals surface area contributed by atoms with Crippen LogP contribution in [0.4, 0.5) is 0 Å². The highest BCUT2D eigenvalue weighted by Crippen LogP contribution is 2.62. The van der Waals surface area contributed by atoms with Gasteiger partial charge in [0.15, 0.2) is 0 Å². The van der Waals surface area contributed by atoms with Crippen molar-refractivity contribution in [2.45, 2.75) is 85.2 Å². The highest BCUT2D eigenvalue weighted by atomic mass is 16.5. The third-order valence-corrected chi connectivity index (χ3v) is 7.19. The molecule has 23 heavy (non-hydrogen) atoms. The Labute approximate surface area is 143 Å². The lowest BCUT2D eigenvalue weighted by atomic mass is 9.45. The van der Waals surface area contributed by atoms with Crippen LogP contribution >= 0.6 is 0 Å². The predicted octanol–water partition coefficient (Wildman–Crippen LogP) is 5.35. The Hall–Kier alpha value is -0.340. The zero-order valence-electron chi connectivity index (χ0n) is 16.2. The van der Waals surface area contributed by atoms with Gasteiger partial charge in [-0.3, -0.25) is 0 Å². The second-order valence-corrected chi connectivity index (χ2v) is 9.39. The SMILES string of the molecule is COCC=C(C)CCC1C(C)(O)CCC2C(C)(C)CCCC21C. The summed E-state index contributed by atoms with van der Waals surface area (Å²) in [6.07, 6.45) is 10.4. The van der Waals surface area contributed by atoms with Crippen LogP contribution in [0.15, 0.2) is 11.6 Å². The van der Waals surface area contributed by atoms with E-state index >= 15 is 0 Å². The molecule has 0 aromatic carbocycles. The summed E-state index contributed by atoms with van der Waals surface area (Å²) in [5.41, 5.74) is 1.58. The summed E-state index contributed by atoms with van der Waals surface area (Å²) in [5.74, 6) is 1.15. The van der Waals surface area contributed by atoms with Gasteiger partial charge in [-0.2, -0.15) is 0 Å². The minimum atomic E-state index is -0.514. The molecule has 2 fully saturated rings. The van der Waals surface area contributed by atoms with Crippen LogP contribution in [0.5, 0.6) is 0 Å². The van der Waals surface area contributed by atoms with Crippen molar-refractivity contribution in [3.05, 3.63) is 11.6 Å². The van der Waals surface area contributed by atoms with E-state index in [0.717, 1.165) is 25.2 Å². The molecule has 134 valence electrons. The molecule has 4 unspecified atom stereocenters. The molecule has 2 nitrogen and oxygen atoms in total. The Balaban J connectivity index is 2.19. The molecule has 0 bridgehead atoms. The number of methoxy groups -OCH3 is 1. The molecule has 0 aromatic rings. The number of ether oxygens (including phenoxy) is 1. The lowest BCUT2D eigenvalue weighted by Gasteiger charge is -2.61. The fourth-order valence-corrected chi connectivity index (χ4v) is 5.97. The van der Waals surface area contributed by atoms with Crippen LogP contribution in [0.2, 0.25) is 0 Å². The van der Waals surface area contributed by atoms with Gasteiger partial charge in [0.05, 0.1) is 12.2 Å². The largest absolute Gasteiger partial charge is 0.390 e. The molecule has 2 aliphatic carbocycles. The molecular formula is C21H38O2. The average Bonchev–Trinajstić information content (AvgIpc) is 2.42. The Morgan fingerprint density at radius 2 is 1.87 bits per heavy atom. The Morgan fingerprint density at radius 3 is 2.52 bits per heavy atom. The van der Waals surface area contributed by atoms with Gasteiger partial charge in [-0.1, -0.05) is 38.8 Å². The maximum atomic E-state index is 11.2. The van der Waals surface area contributed by atoms with Gasteiger partial charge in [0.1, 0.15) is 0 Å². The van der Waals surface area contributed by atoms with Gasteiger partial charge in [0.2, 0.25) is 0 Å². The first kappa shape index (κ1) is 19.0. The van der Waals surface area contributed by atoms with Gasteiger partial charge in [0, 0.05) is 7.11 Å². The minimum absolute atomic E-state index is 0.283. The van der Waals surface area contributed by atoms with Crippen LogP contribution in [0.1, 0.15) is 79.6 Å². The number of hydrogen-bond donors (Lipinski definition) is 1. The number of aliphatic hydroxyl groups is 1. The molecule has 2 rings (SSSR count). The van der Waals surface area contributed by atoms with E-state index < -0.39 is 5.60 Å². The van der Waals surface area contributed by atoms with Crippen molar-refractivity contribution in [2.75, 3.05) is 13.7 Å². The van der Waals surface area contributed by atoms with E-state index in [1.807, 2.05) is 0 Å². The van der Waals surface area contributed by atoms with Crippen molar-refractivity contribution < 1.29 is 9.84 Å². The standard InChI is InChI=1S/C21H38O2/c1-16(11-15-23-6)8-9-18-20(4)13-7-12-19(2,3)17(20)10-14-21(18,5)22/h11,17-18,22H,7-10,12-15H2,1-6H3. The summed E-state index contributed by atoms with van der Waals surface area (Å²) >= 11 is 0. The van der Waals surface area contributed by atoms with E-state index in [1.165, 1.54) is 31.3 Å². The highest BCUT2D eigenvalue weighted by molar-refractivity contribution is 5.09. The molecule has 2 saturated carbocycles. The van der Waals surface area contributed by atoms with Crippen LogP contribution < -0.4 is 0 Å². The van der Waals surface area contributed by atoms with E-state index in [9.17, 15) is 5.11 Å². The second kappa shape index (κ2) is 6.88. The lowest BCUT2D eigenvalue weighted by molar-refractivity contribution is -0.168. The highest BCUT2D eigenvalue weighted by Gasteiger charge is 2.57. The molecule has 0 aromatic heterocycles. The van der Waals surface area contributed by atoms with Gasteiger partial charge in [0.25, 0.3) is 0 Å². The summed E-state index contributed by atoms with van der Waals surface area (Å²) < 4.78 is 5.15. The minimum Gasteiger partial charge on any atom is -0.390 e. The third kappa shape index (κ3) is 3.85. The van der Waals surface area contributed by atoms with Crippen molar-refractivity contribution in [2.24, 2.45) is 22.7 Å². The zero-order valence-corrected chi connectivity index (χ0v) is 16.2. The Kier molecular flexibility index (Phi) is 5.68. The Bertz CT molecular complexity index is 435. The van der Waals surface area contributed by atoms with Gasteiger partial charge in [-0.25, -0.2) is 0 Å². The van der Waals surface area contributed by atoms with Gasteiger partial charge in [-0.15, -0.1) is 0 Å². The normalized spacial score (nSPS) is 40.7. The maximum absolute atomic E-state index is 11.2. The molecule has 0 heterocycles. The van der Waals surface area contributed by atoms with Crippen molar-refractivity contribution in [3.8, 4) is 0 Å². The van der Waals surface area contributed by atoms with E-state index in [1.54, 1.807) is 7.11 Å². The number of hydrogen-bond acceptors (Lipinski definition) is 2. The average molecular weight is 323 g/mol. The molecular weight excluding hydrogens is 284 g/mol. The molecule has 0 saturated heterocycles. The quantitative estimate of drug-likeness (QED) is 0.691. The van der Waals surface area contributed by atoms with Crippen molar-refractivity contribution in [1.29, 1.82) is 0 Å². The summed E-state index contributed by atoms with van der Waals surface area (Å²) in [6, 6.07) is 0. The van der Waals surface area contributed by atoms with Crippen LogP contribution in [0, 0.1) is 22.7 Å². The molecule has 0 aliphatic heterocycles. The Morgan fingerprint density at radius 1 is 1.17 bits per heavy atom. The summed E-state index contributed by atoms with van der Waals surface area (Å²) in [7, 11) is 1.74. The first-order valence-electron chi connectivity index (χ1n) is 9.50. The topological polar surface area (TPSA) is 29.5 Å². The van der Waals surface area contributed by atoms with E-state index in [0.29, 0.717) is 17.9 Å². The molecule has 1 N–H and O–H groups in total. The predicted molar refractivity (Wildman–Crippen MR) is 97.4 cm³/mol. The fraction of sp³-hybridized carbons (Fsp3) is 0.905. The third-order valence-electron chi connectivity index (χ3n) is 7.19. The van der Waals surface area contributed by atoms with Gasteiger partial charge in [-0.05, 0) is 75.0 Å². The number of fused-ring (bicyclic) bond motifs is 1. The van der Waals surface area contributed by atoms with Crippen LogP contribution in [0.25, 0.3) is 0 Å². The number of allylic oxidation sites excluding steroid dienone is 1. The van der Waals surface area contributed by atoms with E-state index in [2.05, 4.69) is 40.7 Å². The molecule has 2 heteroatoms. The van der Waals surface area contributed by atoms with Crippen LogP contribution in [0.3, 0.4) is 0 Å². The lowest BCUT2D eigenvalue weighted by Crippen LogP contribution is -2.57. The van der Waals surface area contributed by atoms with Crippen molar-refractivity contribution in [1.82, 2.24) is 0 Å². The zero-order chi connectivity index (χ0) is 17.3. The van der Waals surface area contributed by atoms with Gasteiger partial charge >= 0.3 is 0 Å². The van der Waals surface area contributed by atoms with Crippen LogP contribution in [-0.2, 0) is 4.74 Å². The first-order valence-corrected chi connectivity index (χ1v) is 9.50. The second-order valence-electron chi connectivity index (χ2n) is 9.39. The van der Waals surface area contributed by atoms with Crippen molar-refractivity contribution in [3.63, 3.8) is 0 Å². The summed E-state index contributed by atoms with van der Waals surface area (Å²) in [5, 5.41) is 11.2. The number of rotatable bonds is 5. The molecule has 0 amide bonds. The fourth-order valence-electron chi connectivity index (χ4n) is 5.97. The molecule has 0 spiro atoms. The van der Waals surface area contributed by atoms with Crippen molar-refractivity contribution >= 4 is 0 Å². The smallest absolute Gasteiger partial charge is 0.0653 e.